The standard InChI is InChI=1S/C28H33N3/c1-4-31-26-13-9-8-12-24(26)25-20-23(14-15-27(25)31)29-22-16-18-28(19-17-22,30(2)3)21-10-6-5-7-11-21/h5-15,20,22,29H,4,16-19H2,1-3H3. The molecule has 4 aromatic rings. The fourth-order valence-electron chi connectivity index (χ4n) is 5.70. The molecule has 0 aliphatic heterocycles. The van der Waals surface area contributed by atoms with Gasteiger partial charge in [0.2, 0.25) is 0 Å². The predicted octanol–water partition coefficient (Wildman–Crippen LogP) is 6.63. The Bertz CT molecular complexity index is 1180. The first-order chi connectivity index (χ1) is 15.1. The third-order valence-corrected chi connectivity index (χ3v) is 7.44. The average molecular weight is 412 g/mol. The van der Waals surface area contributed by atoms with Crippen LogP contribution in [0.3, 0.4) is 0 Å². The first kappa shape index (κ1) is 20.1. The number of nitrogens with zero attached hydrogens (tertiary/aromatic N) is 2. The molecule has 3 nitrogen and oxygen atoms in total. The van der Waals surface area contributed by atoms with Crippen molar-refractivity contribution in [2.24, 2.45) is 0 Å². The molecule has 1 N–H and O–H groups in total. The summed E-state index contributed by atoms with van der Waals surface area (Å²) in [4.78, 5) is 2.43. The van der Waals surface area contributed by atoms with Gasteiger partial charge in [-0.1, -0.05) is 48.5 Å². The van der Waals surface area contributed by atoms with Gasteiger partial charge < -0.3 is 9.88 Å². The minimum absolute atomic E-state index is 0.151. The number of anilines is 1. The fraction of sp³-hybridized carbons (Fsp3) is 0.357. The van der Waals surface area contributed by atoms with Gasteiger partial charge in [0.25, 0.3) is 0 Å². The van der Waals surface area contributed by atoms with Crippen LogP contribution in [0.4, 0.5) is 5.69 Å². The van der Waals surface area contributed by atoms with Crippen LogP contribution >= 0.6 is 0 Å². The van der Waals surface area contributed by atoms with Crippen LogP contribution in [0.5, 0.6) is 0 Å². The van der Waals surface area contributed by atoms with Crippen molar-refractivity contribution in [1.82, 2.24) is 9.47 Å². The lowest BCUT2D eigenvalue weighted by Crippen LogP contribution is -2.46. The Morgan fingerprint density at radius 3 is 2.26 bits per heavy atom. The van der Waals surface area contributed by atoms with E-state index >= 15 is 0 Å². The van der Waals surface area contributed by atoms with Gasteiger partial charge in [-0.05, 0) is 76.5 Å². The van der Waals surface area contributed by atoms with E-state index in [1.807, 2.05) is 0 Å². The van der Waals surface area contributed by atoms with Crippen molar-refractivity contribution in [3.05, 3.63) is 78.4 Å². The molecule has 160 valence electrons. The summed E-state index contributed by atoms with van der Waals surface area (Å²) in [7, 11) is 4.47. The van der Waals surface area contributed by atoms with Crippen LogP contribution in [0.1, 0.15) is 38.2 Å². The molecule has 1 aliphatic rings. The number of para-hydroxylation sites is 1. The lowest BCUT2D eigenvalue weighted by molar-refractivity contribution is 0.0945. The molecule has 3 heteroatoms. The van der Waals surface area contributed by atoms with Crippen LogP contribution in [-0.2, 0) is 12.1 Å². The highest BCUT2D eigenvalue weighted by Crippen LogP contribution is 2.42. The van der Waals surface area contributed by atoms with Crippen molar-refractivity contribution < 1.29 is 0 Å². The number of benzene rings is 3. The first-order valence-corrected chi connectivity index (χ1v) is 11.6. The molecular formula is C28H33N3. The van der Waals surface area contributed by atoms with Gasteiger partial charge in [-0.25, -0.2) is 0 Å². The van der Waals surface area contributed by atoms with Crippen LogP contribution in [0.15, 0.2) is 72.8 Å². The van der Waals surface area contributed by atoms with E-state index in [0.29, 0.717) is 6.04 Å². The third kappa shape index (κ3) is 3.41. The van der Waals surface area contributed by atoms with E-state index in [-0.39, 0.29) is 5.54 Å². The molecule has 5 rings (SSSR count). The number of nitrogens with one attached hydrogen (secondary N) is 1. The summed E-state index contributed by atoms with van der Waals surface area (Å²) in [5.41, 5.74) is 5.50. The largest absolute Gasteiger partial charge is 0.382 e. The number of hydrogen-bond acceptors (Lipinski definition) is 2. The van der Waals surface area contributed by atoms with Crippen LogP contribution < -0.4 is 5.32 Å². The summed E-state index contributed by atoms with van der Waals surface area (Å²) in [6, 6.07) is 27.3. The Kier molecular flexibility index (Phi) is 5.23. The van der Waals surface area contributed by atoms with Crippen molar-refractivity contribution in [2.45, 2.75) is 50.7 Å². The zero-order chi connectivity index (χ0) is 21.4. The van der Waals surface area contributed by atoms with Crippen molar-refractivity contribution in [2.75, 3.05) is 19.4 Å². The van der Waals surface area contributed by atoms with Gasteiger partial charge in [-0.2, -0.15) is 0 Å². The van der Waals surface area contributed by atoms with E-state index in [1.54, 1.807) is 0 Å². The molecule has 0 radical (unpaired) electrons. The summed E-state index contributed by atoms with van der Waals surface area (Å²) in [6.45, 7) is 3.22. The Hall–Kier alpha value is -2.78. The molecule has 0 bridgehead atoms. The van der Waals surface area contributed by atoms with Gasteiger partial charge in [-0.15, -0.1) is 0 Å². The summed E-state index contributed by atoms with van der Waals surface area (Å²) < 4.78 is 2.42. The predicted molar refractivity (Wildman–Crippen MR) is 133 cm³/mol. The molecule has 0 saturated heterocycles. The molecule has 0 unspecified atom stereocenters. The molecule has 0 spiro atoms. The van der Waals surface area contributed by atoms with E-state index in [1.165, 1.54) is 58.7 Å². The molecule has 1 aliphatic carbocycles. The van der Waals surface area contributed by atoms with Gasteiger partial charge in [0, 0.05) is 45.6 Å². The molecule has 1 aromatic heterocycles. The topological polar surface area (TPSA) is 20.2 Å². The van der Waals surface area contributed by atoms with Crippen molar-refractivity contribution >= 4 is 27.5 Å². The number of aromatic nitrogens is 1. The molecule has 0 atom stereocenters. The van der Waals surface area contributed by atoms with E-state index in [0.717, 1.165) is 6.54 Å². The second-order valence-electron chi connectivity index (χ2n) is 9.20. The van der Waals surface area contributed by atoms with Crippen molar-refractivity contribution in [3.8, 4) is 0 Å². The summed E-state index contributed by atoms with van der Waals surface area (Å²) in [5, 5.41) is 6.57. The number of rotatable bonds is 5. The van der Waals surface area contributed by atoms with E-state index in [9.17, 15) is 0 Å². The monoisotopic (exact) mass is 411 g/mol. The fourth-order valence-corrected chi connectivity index (χ4v) is 5.70. The van der Waals surface area contributed by atoms with Crippen LogP contribution in [0, 0.1) is 0 Å². The minimum atomic E-state index is 0.151. The van der Waals surface area contributed by atoms with Gasteiger partial charge in [-0.3, -0.25) is 4.90 Å². The molecular weight excluding hydrogens is 378 g/mol. The summed E-state index contributed by atoms with van der Waals surface area (Å²) in [5.74, 6) is 0. The summed E-state index contributed by atoms with van der Waals surface area (Å²) in [6.07, 6.45) is 4.72. The highest BCUT2D eigenvalue weighted by atomic mass is 15.1. The lowest BCUT2D eigenvalue weighted by atomic mass is 9.74. The molecule has 1 saturated carbocycles. The molecule has 0 amide bonds. The Labute approximate surface area is 185 Å². The normalized spacial score (nSPS) is 21.7. The average Bonchev–Trinajstić information content (AvgIpc) is 3.13. The van der Waals surface area contributed by atoms with Gasteiger partial charge >= 0.3 is 0 Å². The van der Waals surface area contributed by atoms with E-state index in [4.69, 9.17) is 0 Å². The maximum absolute atomic E-state index is 3.87. The second kappa shape index (κ2) is 8.05. The number of hydrogen-bond donors (Lipinski definition) is 1. The quantitative estimate of drug-likeness (QED) is 0.398. The SMILES string of the molecule is CCn1c2ccccc2c2cc(NC3CCC(c4ccccc4)(N(C)C)CC3)ccc21. The third-order valence-electron chi connectivity index (χ3n) is 7.44. The highest BCUT2D eigenvalue weighted by Gasteiger charge is 2.38. The van der Waals surface area contributed by atoms with E-state index in [2.05, 4.69) is 109 Å². The van der Waals surface area contributed by atoms with Gasteiger partial charge in [0.15, 0.2) is 0 Å². The van der Waals surface area contributed by atoms with Gasteiger partial charge in [0.1, 0.15) is 0 Å². The highest BCUT2D eigenvalue weighted by molar-refractivity contribution is 6.09. The maximum Gasteiger partial charge on any atom is 0.0492 e. The zero-order valence-corrected chi connectivity index (χ0v) is 18.9. The van der Waals surface area contributed by atoms with Crippen molar-refractivity contribution in [3.63, 3.8) is 0 Å². The minimum Gasteiger partial charge on any atom is -0.382 e. The van der Waals surface area contributed by atoms with Gasteiger partial charge in [0.05, 0.1) is 0 Å². The lowest BCUT2D eigenvalue weighted by Gasteiger charge is -2.46. The van der Waals surface area contributed by atoms with Crippen LogP contribution in [0.25, 0.3) is 21.8 Å². The molecule has 1 fully saturated rings. The second-order valence-corrected chi connectivity index (χ2v) is 9.20. The van der Waals surface area contributed by atoms with E-state index < -0.39 is 0 Å². The Morgan fingerprint density at radius 1 is 0.871 bits per heavy atom. The van der Waals surface area contributed by atoms with Crippen molar-refractivity contribution in [1.29, 1.82) is 0 Å². The molecule has 1 heterocycles. The Balaban J connectivity index is 1.38. The maximum atomic E-state index is 3.87. The smallest absolute Gasteiger partial charge is 0.0492 e. The first-order valence-electron chi connectivity index (χ1n) is 11.6. The summed E-state index contributed by atoms with van der Waals surface area (Å²) >= 11 is 0. The molecule has 3 aromatic carbocycles. The Morgan fingerprint density at radius 2 is 1.55 bits per heavy atom. The number of aryl methyl sites for hydroxylation is 1. The van der Waals surface area contributed by atoms with Crippen LogP contribution in [-0.4, -0.2) is 29.6 Å². The zero-order valence-electron chi connectivity index (χ0n) is 18.9. The van der Waals surface area contributed by atoms with Crippen LogP contribution in [0.2, 0.25) is 0 Å². The molecule has 31 heavy (non-hydrogen) atoms. The number of fused-ring (bicyclic) bond motifs is 3.